The highest BCUT2D eigenvalue weighted by molar-refractivity contribution is 6.09. The maximum atomic E-state index is 13.2. The van der Waals surface area contributed by atoms with Gasteiger partial charge >= 0.3 is 5.97 Å². The van der Waals surface area contributed by atoms with Gasteiger partial charge in [0.1, 0.15) is 11.7 Å². The van der Waals surface area contributed by atoms with Crippen molar-refractivity contribution in [3.05, 3.63) is 47.5 Å². The molecule has 1 aliphatic rings. The number of allylic oxidation sites excluding steroid dienone is 2. The second-order valence-electron chi connectivity index (χ2n) is 8.52. The molecule has 152 valence electrons. The lowest BCUT2D eigenvalue weighted by Gasteiger charge is -2.38. The van der Waals surface area contributed by atoms with E-state index in [0.29, 0.717) is 5.56 Å². The third-order valence-electron chi connectivity index (χ3n) is 5.79. The number of Topliss-reactive ketones (excluding diaryl/α,β-unsaturated/α-hetero) is 2. The van der Waals surface area contributed by atoms with Crippen molar-refractivity contribution >= 4 is 17.5 Å². The summed E-state index contributed by atoms with van der Waals surface area (Å²) in [7, 11) is 0. The Morgan fingerprint density at radius 3 is 2.39 bits per heavy atom. The average Bonchev–Trinajstić information content (AvgIpc) is 2.61. The standard InChI is InChI=1S/C24H32O4/c1-6-28-23(27)20(22(26)18-12-8-7-9-13-18)17(3)15-19(25)21-16(2)11-10-14-24(21,4)5/h7-9,11-13,17,20-21H,6,10,14-15H2,1-5H3. The Balaban J connectivity index is 2.25. The lowest BCUT2D eigenvalue weighted by molar-refractivity contribution is -0.147. The van der Waals surface area contributed by atoms with Gasteiger partial charge in [-0.3, -0.25) is 14.4 Å². The minimum atomic E-state index is -0.970. The van der Waals surface area contributed by atoms with E-state index in [1.165, 1.54) is 0 Å². The van der Waals surface area contributed by atoms with Crippen LogP contribution in [0.25, 0.3) is 0 Å². The number of carbonyl (C=O) groups is 3. The van der Waals surface area contributed by atoms with Crippen LogP contribution in [-0.2, 0) is 14.3 Å². The highest BCUT2D eigenvalue weighted by Crippen LogP contribution is 2.42. The smallest absolute Gasteiger partial charge is 0.317 e. The zero-order valence-electron chi connectivity index (χ0n) is 17.7. The van der Waals surface area contributed by atoms with Crippen molar-refractivity contribution in [3.8, 4) is 0 Å². The molecule has 3 unspecified atom stereocenters. The predicted octanol–water partition coefficient (Wildman–Crippen LogP) is 5.03. The molecule has 0 spiro atoms. The number of hydrogen-bond acceptors (Lipinski definition) is 4. The molecule has 0 saturated carbocycles. The Kier molecular flexibility index (Phi) is 7.34. The number of ether oxygens (including phenoxy) is 1. The van der Waals surface area contributed by atoms with Gasteiger partial charge in [-0.05, 0) is 38.0 Å². The second-order valence-corrected chi connectivity index (χ2v) is 8.52. The zero-order chi connectivity index (χ0) is 20.9. The van der Waals surface area contributed by atoms with E-state index < -0.39 is 17.8 Å². The monoisotopic (exact) mass is 384 g/mol. The Morgan fingerprint density at radius 1 is 1.18 bits per heavy atom. The third kappa shape index (κ3) is 4.98. The van der Waals surface area contributed by atoms with Crippen LogP contribution in [0.2, 0.25) is 0 Å². The summed E-state index contributed by atoms with van der Waals surface area (Å²) in [6.07, 6.45) is 4.26. The zero-order valence-corrected chi connectivity index (χ0v) is 17.7. The molecule has 1 aromatic rings. The van der Waals surface area contributed by atoms with E-state index in [4.69, 9.17) is 4.74 Å². The normalized spacial score (nSPS) is 20.6. The molecule has 0 aliphatic heterocycles. The number of rotatable bonds is 8. The van der Waals surface area contributed by atoms with Crippen molar-refractivity contribution < 1.29 is 19.1 Å². The fraction of sp³-hybridized carbons (Fsp3) is 0.542. The van der Waals surface area contributed by atoms with Crippen LogP contribution in [0.4, 0.5) is 0 Å². The molecule has 1 aromatic carbocycles. The first-order valence-corrected chi connectivity index (χ1v) is 10.1. The van der Waals surface area contributed by atoms with Crippen LogP contribution >= 0.6 is 0 Å². The molecule has 0 radical (unpaired) electrons. The summed E-state index contributed by atoms with van der Waals surface area (Å²) in [6.45, 7) is 9.97. The molecule has 0 amide bonds. The molecule has 1 aliphatic carbocycles. The van der Waals surface area contributed by atoms with Crippen LogP contribution in [0.5, 0.6) is 0 Å². The van der Waals surface area contributed by atoms with Gasteiger partial charge in [-0.1, -0.05) is 62.8 Å². The molecular formula is C24H32O4. The van der Waals surface area contributed by atoms with Gasteiger partial charge in [0, 0.05) is 17.9 Å². The number of esters is 1. The first-order valence-electron chi connectivity index (χ1n) is 10.1. The van der Waals surface area contributed by atoms with Crippen molar-refractivity contribution in [1.29, 1.82) is 0 Å². The van der Waals surface area contributed by atoms with E-state index in [0.717, 1.165) is 18.4 Å². The van der Waals surface area contributed by atoms with Gasteiger partial charge in [0.15, 0.2) is 5.78 Å². The summed E-state index contributed by atoms with van der Waals surface area (Å²) in [4.78, 5) is 38.8. The summed E-state index contributed by atoms with van der Waals surface area (Å²) >= 11 is 0. The van der Waals surface area contributed by atoms with Crippen LogP contribution in [0, 0.1) is 23.2 Å². The van der Waals surface area contributed by atoms with Crippen molar-refractivity contribution in [2.45, 2.75) is 53.9 Å². The maximum Gasteiger partial charge on any atom is 0.317 e. The molecule has 3 atom stereocenters. The van der Waals surface area contributed by atoms with Crippen molar-refractivity contribution in [2.24, 2.45) is 23.2 Å². The number of benzene rings is 1. The summed E-state index contributed by atoms with van der Waals surface area (Å²) in [5.41, 5.74) is 1.45. The Bertz CT molecular complexity index is 745. The number of ketones is 2. The Morgan fingerprint density at radius 2 is 1.82 bits per heavy atom. The molecule has 0 aromatic heterocycles. The second kappa shape index (κ2) is 9.31. The van der Waals surface area contributed by atoms with Gasteiger partial charge in [-0.2, -0.15) is 0 Å². The van der Waals surface area contributed by atoms with Gasteiger partial charge in [0.05, 0.1) is 6.61 Å². The van der Waals surface area contributed by atoms with E-state index in [2.05, 4.69) is 19.9 Å². The number of hydrogen-bond donors (Lipinski definition) is 0. The van der Waals surface area contributed by atoms with Gasteiger partial charge < -0.3 is 4.74 Å². The van der Waals surface area contributed by atoms with Gasteiger partial charge in [-0.15, -0.1) is 0 Å². The fourth-order valence-electron chi connectivity index (χ4n) is 4.40. The summed E-state index contributed by atoms with van der Waals surface area (Å²) in [6, 6.07) is 8.75. The van der Waals surface area contributed by atoms with Gasteiger partial charge in [-0.25, -0.2) is 0 Å². The van der Waals surface area contributed by atoms with Gasteiger partial charge in [0.25, 0.3) is 0 Å². The summed E-state index contributed by atoms with van der Waals surface area (Å²) < 4.78 is 5.17. The molecule has 28 heavy (non-hydrogen) atoms. The average molecular weight is 385 g/mol. The largest absolute Gasteiger partial charge is 0.465 e. The first-order chi connectivity index (χ1) is 13.2. The van der Waals surface area contributed by atoms with Crippen LogP contribution in [-0.4, -0.2) is 24.1 Å². The van der Waals surface area contributed by atoms with E-state index in [1.807, 2.05) is 13.0 Å². The molecular weight excluding hydrogens is 352 g/mol. The lowest BCUT2D eigenvalue weighted by atomic mass is 9.65. The van der Waals surface area contributed by atoms with E-state index in [9.17, 15) is 14.4 Å². The van der Waals surface area contributed by atoms with Crippen molar-refractivity contribution in [1.82, 2.24) is 0 Å². The SMILES string of the molecule is CCOC(=O)C(C(=O)c1ccccc1)C(C)CC(=O)C1C(C)=CCCC1(C)C. The Hall–Kier alpha value is -2.23. The molecule has 4 heteroatoms. The van der Waals surface area contributed by atoms with Crippen molar-refractivity contribution in [3.63, 3.8) is 0 Å². The fourth-order valence-corrected chi connectivity index (χ4v) is 4.40. The quantitative estimate of drug-likeness (QED) is 0.273. The molecule has 0 N–H and O–H groups in total. The Labute approximate surface area is 168 Å². The highest BCUT2D eigenvalue weighted by atomic mass is 16.5. The molecule has 0 bridgehead atoms. The first kappa shape index (κ1) is 22.1. The molecule has 2 rings (SSSR count). The minimum Gasteiger partial charge on any atom is -0.465 e. The number of carbonyl (C=O) groups excluding carboxylic acids is 3. The molecule has 0 saturated heterocycles. The van der Waals surface area contributed by atoms with Crippen LogP contribution in [0.15, 0.2) is 42.0 Å². The minimum absolute atomic E-state index is 0.0983. The van der Waals surface area contributed by atoms with Crippen LogP contribution in [0.3, 0.4) is 0 Å². The molecule has 0 heterocycles. The van der Waals surface area contributed by atoms with Crippen molar-refractivity contribution in [2.75, 3.05) is 6.61 Å². The van der Waals surface area contributed by atoms with Crippen LogP contribution < -0.4 is 0 Å². The van der Waals surface area contributed by atoms with Gasteiger partial charge in [0.2, 0.25) is 0 Å². The maximum absolute atomic E-state index is 13.2. The summed E-state index contributed by atoms with van der Waals surface area (Å²) in [5, 5.41) is 0. The lowest BCUT2D eigenvalue weighted by Crippen LogP contribution is -2.38. The molecule has 4 nitrogen and oxygen atoms in total. The van der Waals surface area contributed by atoms with E-state index in [-0.39, 0.29) is 35.9 Å². The predicted molar refractivity (Wildman–Crippen MR) is 110 cm³/mol. The highest BCUT2D eigenvalue weighted by Gasteiger charge is 2.41. The molecule has 0 fully saturated rings. The summed E-state index contributed by atoms with van der Waals surface area (Å²) in [5.74, 6) is -2.30. The van der Waals surface area contributed by atoms with E-state index in [1.54, 1.807) is 38.1 Å². The third-order valence-corrected chi connectivity index (χ3v) is 5.79. The topological polar surface area (TPSA) is 60.4 Å². The van der Waals surface area contributed by atoms with E-state index >= 15 is 0 Å². The van der Waals surface area contributed by atoms with Crippen LogP contribution in [0.1, 0.15) is 64.2 Å².